The number of methoxy groups -OCH3 is 1. The second-order valence-electron chi connectivity index (χ2n) is 3.90. The van der Waals surface area contributed by atoms with Crippen LogP contribution in [0.4, 0.5) is 5.69 Å². The molecule has 0 fully saturated rings. The lowest BCUT2D eigenvalue weighted by molar-refractivity contribution is -0.120. The number of nitrogens with one attached hydrogen (secondary N) is 2. The summed E-state index contributed by atoms with van der Waals surface area (Å²) in [6, 6.07) is 5.35. The molecule has 6 heteroatoms. The van der Waals surface area contributed by atoms with Crippen molar-refractivity contribution in [3.63, 3.8) is 0 Å². The van der Waals surface area contributed by atoms with Crippen molar-refractivity contribution in [1.82, 2.24) is 5.32 Å². The summed E-state index contributed by atoms with van der Waals surface area (Å²) in [4.78, 5) is 11.6. The van der Waals surface area contributed by atoms with E-state index in [-0.39, 0.29) is 18.5 Å². The lowest BCUT2D eigenvalue weighted by Crippen LogP contribution is -2.39. The van der Waals surface area contributed by atoms with Crippen LogP contribution in [0.5, 0.6) is 0 Å². The first-order valence-electron chi connectivity index (χ1n) is 5.50. The summed E-state index contributed by atoms with van der Waals surface area (Å²) in [5.74, 6) is -0.0820. The van der Waals surface area contributed by atoms with E-state index < -0.39 is 0 Å². The number of carbonyl (C=O) groups is 1. The predicted octanol–water partition coefficient (Wildman–Crippen LogP) is 2.67. The van der Waals surface area contributed by atoms with Crippen molar-refractivity contribution in [2.75, 3.05) is 25.6 Å². The maximum absolute atomic E-state index is 11.6. The quantitative estimate of drug-likeness (QED) is 0.840. The average Bonchev–Trinajstić information content (AvgIpc) is 2.28. The van der Waals surface area contributed by atoms with Crippen LogP contribution in [0.15, 0.2) is 22.7 Å². The standard InChI is InChI=1S/C12H16BrClN2O2/c1-8(7-18-2)16-12(17)6-15-11-4-3-9(14)5-10(11)13/h3-5,8,15H,6-7H2,1-2H3,(H,16,17). The molecule has 0 heterocycles. The highest BCUT2D eigenvalue weighted by molar-refractivity contribution is 9.10. The van der Waals surface area contributed by atoms with Crippen LogP contribution in [0.2, 0.25) is 5.02 Å². The molecule has 0 saturated carbocycles. The van der Waals surface area contributed by atoms with E-state index in [4.69, 9.17) is 16.3 Å². The Bertz CT molecular complexity index is 415. The predicted molar refractivity (Wildman–Crippen MR) is 77.1 cm³/mol. The van der Waals surface area contributed by atoms with E-state index in [1.807, 2.05) is 13.0 Å². The molecule has 1 atom stereocenters. The van der Waals surface area contributed by atoms with Gasteiger partial charge in [0.1, 0.15) is 0 Å². The minimum absolute atomic E-state index is 0.00189. The topological polar surface area (TPSA) is 50.4 Å². The monoisotopic (exact) mass is 334 g/mol. The van der Waals surface area contributed by atoms with Crippen molar-refractivity contribution in [1.29, 1.82) is 0 Å². The smallest absolute Gasteiger partial charge is 0.239 e. The van der Waals surface area contributed by atoms with Gasteiger partial charge in [0.15, 0.2) is 0 Å². The van der Waals surface area contributed by atoms with Crippen molar-refractivity contribution >= 4 is 39.1 Å². The molecule has 0 spiro atoms. The lowest BCUT2D eigenvalue weighted by atomic mass is 10.3. The summed E-state index contributed by atoms with van der Waals surface area (Å²) in [6.45, 7) is 2.59. The van der Waals surface area contributed by atoms with Gasteiger partial charge in [-0.25, -0.2) is 0 Å². The van der Waals surface area contributed by atoms with Gasteiger partial charge in [-0.05, 0) is 41.1 Å². The zero-order valence-corrected chi connectivity index (χ0v) is 12.6. The molecule has 0 aliphatic rings. The maximum atomic E-state index is 11.6. The Hall–Kier alpha value is -0.780. The Morgan fingerprint density at radius 1 is 1.56 bits per heavy atom. The minimum atomic E-state index is -0.0820. The van der Waals surface area contributed by atoms with E-state index in [0.29, 0.717) is 11.6 Å². The van der Waals surface area contributed by atoms with Crippen LogP contribution in [0.3, 0.4) is 0 Å². The fourth-order valence-electron chi connectivity index (χ4n) is 1.43. The number of ether oxygens (including phenoxy) is 1. The zero-order chi connectivity index (χ0) is 13.5. The molecule has 0 radical (unpaired) electrons. The minimum Gasteiger partial charge on any atom is -0.383 e. The molecule has 0 aliphatic heterocycles. The van der Waals surface area contributed by atoms with Gasteiger partial charge in [0, 0.05) is 28.3 Å². The van der Waals surface area contributed by atoms with Gasteiger partial charge < -0.3 is 15.4 Å². The Labute approximate surface area is 120 Å². The Balaban J connectivity index is 2.42. The molecule has 100 valence electrons. The zero-order valence-electron chi connectivity index (χ0n) is 10.3. The number of halogens is 2. The number of benzene rings is 1. The molecule has 0 bridgehead atoms. The molecule has 1 aromatic rings. The third-order valence-electron chi connectivity index (χ3n) is 2.19. The Morgan fingerprint density at radius 2 is 2.28 bits per heavy atom. The van der Waals surface area contributed by atoms with E-state index in [9.17, 15) is 4.79 Å². The van der Waals surface area contributed by atoms with Gasteiger partial charge in [0.2, 0.25) is 5.91 Å². The highest BCUT2D eigenvalue weighted by atomic mass is 79.9. The molecule has 0 aliphatic carbocycles. The van der Waals surface area contributed by atoms with Crippen LogP contribution >= 0.6 is 27.5 Å². The second-order valence-corrected chi connectivity index (χ2v) is 5.19. The summed E-state index contributed by atoms with van der Waals surface area (Å²) in [5.41, 5.74) is 0.828. The van der Waals surface area contributed by atoms with E-state index in [1.165, 1.54) is 0 Å². The number of amides is 1. The first kappa shape index (κ1) is 15.3. The number of carbonyl (C=O) groups excluding carboxylic acids is 1. The van der Waals surface area contributed by atoms with Crippen LogP contribution in [-0.4, -0.2) is 32.2 Å². The van der Waals surface area contributed by atoms with Crippen LogP contribution in [0.25, 0.3) is 0 Å². The largest absolute Gasteiger partial charge is 0.383 e. The summed E-state index contributed by atoms with van der Waals surface area (Å²) in [6.07, 6.45) is 0. The van der Waals surface area contributed by atoms with Crippen LogP contribution in [-0.2, 0) is 9.53 Å². The van der Waals surface area contributed by atoms with E-state index >= 15 is 0 Å². The molecule has 0 saturated heterocycles. The summed E-state index contributed by atoms with van der Waals surface area (Å²) < 4.78 is 5.77. The van der Waals surface area contributed by atoms with Gasteiger partial charge in [-0.3, -0.25) is 4.79 Å². The first-order valence-corrected chi connectivity index (χ1v) is 6.67. The second kappa shape index (κ2) is 7.61. The molecular weight excluding hydrogens is 320 g/mol. The van der Waals surface area contributed by atoms with E-state index in [0.717, 1.165) is 10.2 Å². The third kappa shape index (κ3) is 5.25. The maximum Gasteiger partial charge on any atom is 0.239 e. The van der Waals surface area contributed by atoms with Crippen molar-refractivity contribution in [2.24, 2.45) is 0 Å². The highest BCUT2D eigenvalue weighted by Gasteiger charge is 2.07. The van der Waals surface area contributed by atoms with E-state index in [2.05, 4.69) is 26.6 Å². The number of rotatable bonds is 6. The molecular formula is C12H16BrClN2O2. The molecule has 1 rings (SSSR count). The van der Waals surface area contributed by atoms with Crippen molar-refractivity contribution in [3.8, 4) is 0 Å². The van der Waals surface area contributed by atoms with Crippen LogP contribution in [0.1, 0.15) is 6.92 Å². The fraction of sp³-hybridized carbons (Fsp3) is 0.417. The molecule has 1 aromatic carbocycles. The molecule has 1 unspecified atom stereocenters. The molecule has 18 heavy (non-hydrogen) atoms. The van der Waals surface area contributed by atoms with Gasteiger partial charge in [-0.1, -0.05) is 11.6 Å². The van der Waals surface area contributed by atoms with Gasteiger partial charge in [-0.2, -0.15) is 0 Å². The third-order valence-corrected chi connectivity index (χ3v) is 3.09. The highest BCUT2D eigenvalue weighted by Crippen LogP contribution is 2.25. The molecule has 1 amide bonds. The summed E-state index contributed by atoms with van der Waals surface area (Å²) in [7, 11) is 1.60. The lowest BCUT2D eigenvalue weighted by Gasteiger charge is -2.14. The summed E-state index contributed by atoms with van der Waals surface area (Å²) >= 11 is 9.21. The molecule has 2 N–H and O–H groups in total. The van der Waals surface area contributed by atoms with Gasteiger partial charge >= 0.3 is 0 Å². The average molecular weight is 336 g/mol. The van der Waals surface area contributed by atoms with Gasteiger partial charge in [-0.15, -0.1) is 0 Å². The number of hydrogen-bond donors (Lipinski definition) is 2. The first-order chi connectivity index (χ1) is 8.52. The Morgan fingerprint density at radius 3 is 2.89 bits per heavy atom. The van der Waals surface area contributed by atoms with Gasteiger partial charge in [0.25, 0.3) is 0 Å². The normalized spacial score (nSPS) is 12.0. The van der Waals surface area contributed by atoms with E-state index in [1.54, 1.807) is 19.2 Å². The van der Waals surface area contributed by atoms with Crippen LogP contribution < -0.4 is 10.6 Å². The van der Waals surface area contributed by atoms with Gasteiger partial charge in [0.05, 0.1) is 13.2 Å². The Kier molecular flexibility index (Phi) is 6.46. The molecule has 0 aromatic heterocycles. The SMILES string of the molecule is COCC(C)NC(=O)CNc1ccc(Cl)cc1Br. The number of hydrogen-bond acceptors (Lipinski definition) is 3. The van der Waals surface area contributed by atoms with Crippen molar-refractivity contribution < 1.29 is 9.53 Å². The van der Waals surface area contributed by atoms with Crippen LogP contribution in [0, 0.1) is 0 Å². The summed E-state index contributed by atoms with van der Waals surface area (Å²) in [5, 5.41) is 6.49. The molecule has 4 nitrogen and oxygen atoms in total. The van der Waals surface area contributed by atoms with Crippen molar-refractivity contribution in [2.45, 2.75) is 13.0 Å². The number of anilines is 1. The fourth-order valence-corrected chi connectivity index (χ4v) is 2.25. The van der Waals surface area contributed by atoms with Crippen molar-refractivity contribution in [3.05, 3.63) is 27.7 Å².